The Labute approximate surface area is 110 Å². The molecular formula is C14H26O4. The Morgan fingerprint density at radius 2 is 1.67 bits per heavy atom. The van der Waals surface area contributed by atoms with Gasteiger partial charge in [-0.25, -0.2) is 0 Å². The van der Waals surface area contributed by atoms with Crippen molar-refractivity contribution in [1.82, 2.24) is 0 Å². The van der Waals surface area contributed by atoms with Crippen LogP contribution in [0.15, 0.2) is 25.0 Å². The number of ether oxygens (including phenoxy) is 3. The quantitative estimate of drug-likeness (QED) is 0.456. The summed E-state index contributed by atoms with van der Waals surface area (Å²) in [5, 5.41) is 8.81. The summed E-state index contributed by atoms with van der Waals surface area (Å²) in [5.74, 6) is 0. The van der Waals surface area contributed by atoms with Crippen LogP contribution < -0.4 is 0 Å². The molecule has 0 heterocycles. The van der Waals surface area contributed by atoms with Crippen LogP contribution in [0.1, 0.15) is 27.2 Å². The zero-order valence-corrected chi connectivity index (χ0v) is 11.7. The van der Waals surface area contributed by atoms with E-state index in [0.717, 1.165) is 6.42 Å². The minimum absolute atomic E-state index is 0.00350. The van der Waals surface area contributed by atoms with Crippen molar-refractivity contribution in [2.45, 2.75) is 45.5 Å². The molecule has 3 unspecified atom stereocenters. The molecule has 106 valence electrons. The van der Waals surface area contributed by atoms with Crippen LogP contribution in [0, 0.1) is 0 Å². The van der Waals surface area contributed by atoms with Gasteiger partial charge in [0.05, 0.1) is 38.3 Å². The fourth-order valence-electron chi connectivity index (χ4n) is 1.08. The minimum atomic E-state index is -0.147. The van der Waals surface area contributed by atoms with Crippen molar-refractivity contribution in [2.24, 2.45) is 0 Å². The molecule has 3 atom stereocenters. The normalized spacial score (nSPS) is 16.4. The maximum atomic E-state index is 8.81. The van der Waals surface area contributed by atoms with E-state index in [1.54, 1.807) is 6.26 Å². The molecule has 0 aromatic heterocycles. The first-order chi connectivity index (χ1) is 8.60. The summed E-state index contributed by atoms with van der Waals surface area (Å²) in [7, 11) is 0. The van der Waals surface area contributed by atoms with Crippen molar-refractivity contribution < 1.29 is 19.3 Å². The highest BCUT2D eigenvalue weighted by molar-refractivity contribution is 4.83. The van der Waals surface area contributed by atoms with Crippen molar-refractivity contribution >= 4 is 0 Å². The van der Waals surface area contributed by atoms with Gasteiger partial charge in [-0.15, -0.1) is 6.58 Å². The Morgan fingerprint density at radius 1 is 1.06 bits per heavy atom. The molecule has 0 amide bonds. The van der Waals surface area contributed by atoms with Crippen LogP contribution in [0.25, 0.3) is 0 Å². The maximum Gasteiger partial charge on any atom is 0.118 e. The number of aliphatic hydroxyl groups excluding tert-OH is 1. The van der Waals surface area contributed by atoms with E-state index >= 15 is 0 Å². The van der Waals surface area contributed by atoms with Crippen molar-refractivity contribution in [2.75, 3.05) is 19.8 Å². The smallest absolute Gasteiger partial charge is 0.118 e. The van der Waals surface area contributed by atoms with Gasteiger partial charge in [0.25, 0.3) is 0 Å². The van der Waals surface area contributed by atoms with Crippen molar-refractivity contribution in [1.29, 1.82) is 0 Å². The summed E-state index contributed by atoms with van der Waals surface area (Å²) in [6.45, 7) is 10.3. The molecule has 0 aromatic rings. The third-order valence-corrected chi connectivity index (χ3v) is 2.20. The number of rotatable bonds is 11. The van der Waals surface area contributed by atoms with Crippen molar-refractivity contribution in [3.05, 3.63) is 25.0 Å². The largest absolute Gasteiger partial charge is 0.496 e. The van der Waals surface area contributed by atoms with Gasteiger partial charge in [0.2, 0.25) is 0 Å². The first-order valence-corrected chi connectivity index (χ1v) is 6.35. The predicted molar refractivity (Wildman–Crippen MR) is 72.4 cm³/mol. The highest BCUT2D eigenvalue weighted by atomic mass is 16.6. The van der Waals surface area contributed by atoms with Gasteiger partial charge in [-0.1, -0.05) is 6.08 Å². The molecule has 4 nitrogen and oxygen atoms in total. The van der Waals surface area contributed by atoms with Gasteiger partial charge >= 0.3 is 0 Å². The summed E-state index contributed by atoms with van der Waals surface area (Å²) in [6, 6.07) is 0. The molecule has 4 heteroatoms. The monoisotopic (exact) mass is 258 g/mol. The Morgan fingerprint density at radius 3 is 2.28 bits per heavy atom. The Bertz CT molecular complexity index is 228. The van der Waals surface area contributed by atoms with E-state index in [1.807, 2.05) is 32.9 Å². The van der Waals surface area contributed by atoms with E-state index in [1.165, 1.54) is 0 Å². The molecule has 0 spiro atoms. The molecule has 0 saturated heterocycles. The van der Waals surface area contributed by atoms with Crippen LogP contribution >= 0.6 is 0 Å². The Balaban J connectivity index is 3.58. The van der Waals surface area contributed by atoms with Gasteiger partial charge in [-0.2, -0.15) is 0 Å². The van der Waals surface area contributed by atoms with E-state index in [2.05, 4.69) is 6.58 Å². The van der Waals surface area contributed by atoms with Gasteiger partial charge in [-0.05, 0) is 33.3 Å². The third kappa shape index (κ3) is 10.3. The zero-order chi connectivity index (χ0) is 13.8. The van der Waals surface area contributed by atoms with E-state index < -0.39 is 0 Å². The molecule has 0 radical (unpaired) electrons. The van der Waals surface area contributed by atoms with E-state index in [4.69, 9.17) is 19.3 Å². The molecule has 1 N–H and O–H groups in total. The topological polar surface area (TPSA) is 47.9 Å². The lowest BCUT2D eigenvalue weighted by atomic mass is 10.4. The lowest BCUT2D eigenvalue weighted by molar-refractivity contribution is -0.0636. The third-order valence-electron chi connectivity index (χ3n) is 2.20. The van der Waals surface area contributed by atoms with E-state index in [0.29, 0.717) is 13.2 Å². The van der Waals surface area contributed by atoms with Crippen LogP contribution in [-0.2, 0) is 14.2 Å². The zero-order valence-electron chi connectivity index (χ0n) is 11.7. The second kappa shape index (κ2) is 11.3. The van der Waals surface area contributed by atoms with Gasteiger partial charge < -0.3 is 19.3 Å². The Hall–Kier alpha value is -0.840. The first kappa shape index (κ1) is 17.2. The maximum absolute atomic E-state index is 8.81. The molecule has 0 rings (SSSR count). The summed E-state index contributed by atoms with van der Waals surface area (Å²) >= 11 is 0. The summed E-state index contributed by atoms with van der Waals surface area (Å²) in [5.41, 5.74) is 0. The average Bonchev–Trinajstić information content (AvgIpc) is 2.38. The SMILES string of the molecule is C=CCC=COC(C)COC(C)COC(C)CO. The number of allylic oxidation sites excluding steroid dienone is 2. The van der Waals surface area contributed by atoms with Gasteiger partial charge in [0.1, 0.15) is 6.10 Å². The van der Waals surface area contributed by atoms with Crippen LogP contribution in [0.5, 0.6) is 0 Å². The standard InChI is InChI=1S/C14H26O4/c1-5-6-7-8-16-13(3)10-18-14(4)11-17-12(2)9-15/h5,7-8,12-15H,1,6,9-11H2,2-4H3. The second-order valence-corrected chi connectivity index (χ2v) is 4.31. The molecule has 18 heavy (non-hydrogen) atoms. The van der Waals surface area contributed by atoms with E-state index in [9.17, 15) is 0 Å². The fourth-order valence-corrected chi connectivity index (χ4v) is 1.08. The minimum Gasteiger partial charge on any atom is -0.496 e. The molecule has 0 bridgehead atoms. The molecule has 0 aliphatic heterocycles. The molecule has 0 fully saturated rings. The van der Waals surface area contributed by atoms with Crippen LogP contribution in [0.3, 0.4) is 0 Å². The van der Waals surface area contributed by atoms with Crippen molar-refractivity contribution in [3.8, 4) is 0 Å². The molecular weight excluding hydrogens is 232 g/mol. The van der Waals surface area contributed by atoms with Gasteiger partial charge in [0, 0.05) is 0 Å². The van der Waals surface area contributed by atoms with Crippen LogP contribution in [0.4, 0.5) is 0 Å². The highest BCUT2D eigenvalue weighted by Gasteiger charge is 2.08. The summed E-state index contributed by atoms with van der Waals surface area (Å²) < 4.78 is 16.3. The Kier molecular flexibility index (Phi) is 10.7. The lowest BCUT2D eigenvalue weighted by Crippen LogP contribution is -2.25. The van der Waals surface area contributed by atoms with Crippen LogP contribution in [-0.4, -0.2) is 43.2 Å². The second-order valence-electron chi connectivity index (χ2n) is 4.31. The highest BCUT2D eigenvalue weighted by Crippen LogP contribution is 2.00. The average molecular weight is 258 g/mol. The molecule has 0 saturated carbocycles. The molecule has 0 aliphatic rings. The number of hydrogen-bond acceptors (Lipinski definition) is 4. The van der Waals surface area contributed by atoms with Gasteiger partial charge in [-0.3, -0.25) is 0 Å². The lowest BCUT2D eigenvalue weighted by Gasteiger charge is -2.18. The number of aliphatic hydroxyl groups is 1. The molecule has 0 aromatic carbocycles. The fraction of sp³-hybridized carbons (Fsp3) is 0.714. The molecule has 0 aliphatic carbocycles. The summed E-state index contributed by atoms with van der Waals surface area (Å²) in [6.07, 6.45) is 6.03. The van der Waals surface area contributed by atoms with Crippen molar-refractivity contribution in [3.63, 3.8) is 0 Å². The number of hydrogen-bond donors (Lipinski definition) is 1. The summed E-state index contributed by atoms with van der Waals surface area (Å²) in [4.78, 5) is 0. The van der Waals surface area contributed by atoms with Gasteiger partial charge in [0.15, 0.2) is 0 Å². The first-order valence-electron chi connectivity index (χ1n) is 6.35. The predicted octanol–water partition coefficient (Wildman–Crippen LogP) is 2.28. The van der Waals surface area contributed by atoms with E-state index in [-0.39, 0.29) is 24.9 Å². The van der Waals surface area contributed by atoms with Crippen LogP contribution in [0.2, 0.25) is 0 Å².